The molecule has 0 aliphatic heterocycles. The normalized spacial score (nSPS) is 13.4. The largest absolute Gasteiger partial charge is 0.481 e. The highest BCUT2D eigenvalue weighted by Crippen LogP contribution is 2.29. The summed E-state index contributed by atoms with van der Waals surface area (Å²) in [5, 5.41) is 8.91. The number of carboxylic acid groups (broad SMARTS) is 1. The maximum absolute atomic E-state index is 10.8. The van der Waals surface area contributed by atoms with Crippen LogP contribution in [-0.4, -0.2) is 18.2 Å². The molecule has 0 saturated heterocycles. The van der Waals surface area contributed by atoms with Gasteiger partial charge >= 0.3 is 5.97 Å². The molecule has 1 N–H and O–H groups in total. The van der Waals surface area contributed by atoms with E-state index in [-0.39, 0.29) is 17.9 Å². The molecule has 0 radical (unpaired) electrons. The molecule has 0 fully saturated rings. The average Bonchev–Trinajstić information content (AvgIpc) is 2.26. The van der Waals surface area contributed by atoms with Crippen LogP contribution >= 0.6 is 0 Å². The van der Waals surface area contributed by atoms with Gasteiger partial charge < -0.3 is 9.84 Å². The van der Waals surface area contributed by atoms with Crippen LogP contribution in [0.25, 0.3) is 0 Å². The monoisotopic (exact) mass is 236 g/mol. The Morgan fingerprint density at radius 3 is 2.65 bits per heavy atom. The summed E-state index contributed by atoms with van der Waals surface area (Å²) in [4.78, 5) is 10.8. The van der Waals surface area contributed by atoms with E-state index in [9.17, 15) is 4.79 Å². The molecule has 0 amide bonds. The summed E-state index contributed by atoms with van der Waals surface area (Å²) >= 11 is 0. The second kappa shape index (κ2) is 5.32. The molecule has 0 spiro atoms. The first-order valence-corrected chi connectivity index (χ1v) is 5.72. The van der Waals surface area contributed by atoms with Gasteiger partial charge in [-0.25, -0.2) is 0 Å². The standard InChI is InChI=1S/C14H20O3/c1-10(17-4)11-6-5-7-12(8-11)14(2,3)9-13(15)16/h5-8,10H,9H2,1-4H3,(H,15,16). The predicted octanol–water partition coefficient (Wildman–Crippen LogP) is 3.15. The maximum atomic E-state index is 10.8. The molecule has 1 rings (SSSR count). The second-order valence-electron chi connectivity index (χ2n) is 4.96. The third-order valence-electron chi connectivity index (χ3n) is 3.08. The lowest BCUT2D eigenvalue weighted by Crippen LogP contribution is -2.21. The molecule has 1 atom stereocenters. The van der Waals surface area contributed by atoms with E-state index in [0.717, 1.165) is 11.1 Å². The number of carboxylic acids is 1. The highest BCUT2D eigenvalue weighted by atomic mass is 16.5. The van der Waals surface area contributed by atoms with Crippen LogP contribution in [0.15, 0.2) is 24.3 Å². The third kappa shape index (κ3) is 3.56. The molecule has 0 aliphatic rings. The van der Waals surface area contributed by atoms with Crippen molar-refractivity contribution < 1.29 is 14.6 Å². The number of hydrogen-bond donors (Lipinski definition) is 1. The molecular weight excluding hydrogens is 216 g/mol. The van der Waals surface area contributed by atoms with Crippen LogP contribution in [0.5, 0.6) is 0 Å². The molecular formula is C14H20O3. The van der Waals surface area contributed by atoms with Crippen LogP contribution < -0.4 is 0 Å². The highest BCUT2D eigenvalue weighted by Gasteiger charge is 2.24. The molecule has 94 valence electrons. The number of ether oxygens (including phenoxy) is 1. The first-order chi connectivity index (χ1) is 7.86. The highest BCUT2D eigenvalue weighted by molar-refractivity contribution is 5.68. The zero-order valence-electron chi connectivity index (χ0n) is 10.9. The Balaban J connectivity index is 3.02. The number of benzene rings is 1. The van der Waals surface area contributed by atoms with Gasteiger partial charge in [0.25, 0.3) is 0 Å². The van der Waals surface area contributed by atoms with Crippen LogP contribution in [0.1, 0.15) is 44.4 Å². The zero-order chi connectivity index (χ0) is 13.1. The van der Waals surface area contributed by atoms with Gasteiger partial charge in [-0.15, -0.1) is 0 Å². The molecule has 1 aromatic rings. The lowest BCUT2D eigenvalue weighted by Gasteiger charge is -2.24. The molecule has 3 nitrogen and oxygen atoms in total. The van der Waals surface area contributed by atoms with Crippen molar-refractivity contribution in [3.63, 3.8) is 0 Å². The minimum atomic E-state index is -0.778. The summed E-state index contributed by atoms with van der Waals surface area (Å²) in [6, 6.07) is 7.93. The van der Waals surface area contributed by atoms with E-state index in [1.54, 1.807) is 7.11 Å². The zero-order valence-corrected chi connectivity index (χ0v) is 10.9. The van der Waals surface area contributed by atoms with Crippen LogP contribution in [-0.2, 0) is 14.9 Å². The number of hydrogen-bond acceptors (Lipinski definition) is 2. The Hall–Kier alpha value is -1.35. The third-order valence-corrected chi connectivity index (χ3v) is 3.08. The fourth-order valence-electron chi connectivity index (χ4n) is 1.83. The summed E-state index contributed by atoms with van der Waals surface area (Å²) in [5.74, 6) is -0.778. The second-order valence-corrected chi connectivity index (χ2v) is 4.96. The smallest absolute Gasteiger partial charge is 0.304 e. The topological polar surface area (TPSA) is 46.5 Å². The van der Waals surface area contributed by atoms with Crippen molar-refractivity contribution in [2.45, 2.75) is 38.7 Å². The summed E-state index contributed by atoms with van der Waals surface area (Å²) in [6.07, 6.45) is 0.147. The van der Waals surface area contributed by atoms with Gasteiger partial charge in [-0.3, -0.25) is 4.79 Å². The minimum Gasteiger partial charge on any atom is -0.481 e. The van der Waals surface area contributed by atoms with Crippen molar-refractivity contribution in [1.29, 1.82) is 0 Å². The predicted molar refractivity (Wildman–Crippen MR) is 67.1 cm³/mol. The molecule has 1 unspecified atom stereocenters. The van der Waals surface area contributed by atoms with Gasteiger partial charge in [0.2, 0.25) is 0 Å². The Morgan fingerprint density at radius 2 is 2.12 bits per heavy atom. The quantitative estimate of drug-likeness (QED) is 0.854. The summed E-state index contributed by atoms with van der Waals surface area (Å²) in [7, 11) is 1.67. The van der Waals surface area contributed by atoms with Crippen LogP contribution in [0.2, 0.25) is 0 Å². The molecule has 1 aromatic carbocycles. The maximum Gasteiger partial charge on any atom is 0.304 e. The van der Waals surface area contributed by atoms with Gasteiger partial charge in [0, 0.05) is 12.5 Å². The van der Waals surface area contributed by atoms with Gasteiger partial charge in [-0.1, -0.05) is 38.1 Å². The SMILES string of the molecule is COC(C)c1cccc(C(C)(C)CC(=O)O)c1. The van der Waals surface area contributed by atoms with Gasteiger partial charge in [0.1, 0.15) is 0 Å². The Labute approximate surface area is 102 Å². The molecule has 17 heavy (non-hydrogen) atoms. The average molecular weight is 236 g/mol. The van der Waals surface area contributed by atoms with Crippen molar-refractivity contribution in [3.8, 4) is 0 Å². The van der Waals surface area contributed by atoms with Crippen LogP contribution in [0.4, 0.5) is 0 Å². The lowest BCUT2D eigenvalue weighted by atomic mass is 9.81. The minimum absolute atomic E-state index is 0.0237. The van der Waals surface area contributed by atoms with Crippen molar-refractivity contribution in [1.82, 2.24) is 0 Å². The van der Waals surface area contributed by atoms with Gasteiger partial charge in [-0.2, -0.15) is 0 Å². The van der Waals surface area contributed by atoms with E-state index < -0.39 is 5.97 Å². The first kappa shape index (κ1) is 13.7. The van der Waals surface area contributed by atoms with Crippen LogP contribution in [0.3, 0.4) is 0 Å². The molecule has 0 heterocycles. The van der Waals surface area contributed by atoms with Gasteiger partial charge in [-0.05, 0) is 18.1 Å². The number of rotatable bonds is 5. The Bertz CT molecular complexity index is 396. The van der Waals surface area contributed by atoms with Crippen molar-refractivity contribution >= 4 is 5.97 Å². The van der Waals surface area contributed by atoms with E-state index in [2.05, 4.69) is 0 Å². The molecule has 0 aromatic heterocycles. The first-order valence-electron chi connectivity index (χ1n) is 5.72. The fourth-order valence-corrected chi connectivity index (χ4v) is 1.83. The number of methoxy groups -OCH3 is 1. The Kier molecular flexibility index (Phi) is 4.29. The molecule has 3 heteroatoms. The van der Waals surface area contributed by atoms with E-state index >= 15 is 0 Å². The Morgan fingerprint density at radius 1 is 1.47 bits per heavy atom. The van der Waals surface area contributed by atoms with Crippen LogP contribution in [0, 0.1) is 0 Å². The molecule has 0 saturated carbocycles. The summed E-state index contributed by atoms with van der Waals surface area (Å²) < 4.78 is 5.27. The molecule has 0 bridgehead atoms. The van der Waals surface area contributed by atoms with E-state index in [0.29, 0.717) is 0 Å². The van der Waals surface area contributed by atoms with E-state index in [4.69, 9.17) is 9.84 Å². The van der Waals surface area contributed by atoms with E-state index in [1.165, 1.54) is 0 Å². The van der Waals surface area contributed by atoms with Crippen molar-refractivity contribution in [2.24, 2.45) is 0 Å². The summed E-state index contributed by atoms with van der Waals surface area (Å²) in [5.41, 5.74) is 1.74. The number of aliphatic carboxylic acids is 1. The fraction of sp³-hybridized carbons (Fsp3) is 0.500. The van der Waals surface area contributed by atoms with Crippen molar-refractivity contribution in [3.05, 3.63) is 35.4 Å². The van der Waals surface area contributed by atoms with Crippen molar-refractivity contribution in [2.75, 3.05) is 7.11 Å². The van der Waals surface area contributed by atoms with E-state index in [1.807, 2.05) is 45.0 Å². The van der Waals surface area contributed by atoms with Gasteiger partial charge in [0.05, 0.1) is 12.5 Å². The number of carbonyl (C=O) groups is 1. The lowest BCUT2D eigenvalue weighted by molar-refractivity contribution is -0.138. The summed E-state index contributed by atoms with van der Waals surface area (Å²) in [6.45, 7) is 5.86. The molecule has 0 aliphatic carbocycles. The van der Waals surface area contributed by atoms with Gasteiger partial charge in [0.15, 0.2) is 0 Å².